The lowest BCUT2D eigenvalue weighted by Crippen LogP contribution is -2.51. The highest BCUT2D eigenvalue weighted by molar-refractivity contribution is 5.92. The van der Waals surface area contributed by atoms with Crippen molar-refractivity contribution in [2.45, 2.75) is 272 Å². The molecule has 104 heavy (non-hydrogen) atoms. The Balaban J connectivity index is -0.000000605. The number of carbonyl (C=O) groups excluding carboxylic acids is 4. The zero-order chi connectivity index (χ0) is 79.2. The molecule has 7 N–H and O–H groups in total. The third-order valence-electron chi connectivity index (χ3n) is 26.9. The maximum Gasteiger partial charge on any atom is 0.300 e. The molecule has 0 unspecified atom stereocenters. The lowest BCUT2D eigenvalue weighted by molar-refractivity contribution is -0.135. The van der Waals surface area contributed by atoms with Crippen molar-refractivity contribution in [3.8, 4) is 0 Å². The predicted molar refractivity (Wildman–Crippen MR) is 357 cm³/mol. The first-order valence-corrected chi connectivity index (χ1v) is 35.1. The van der Waals surface area contributed by atoms with Crippen LogP contribution in [-0.2, 0) is 28.7 Å². The number of fused-ring (bicyclic) bond motifs is 15. The van der Waals surface area contributed by atoms with Crippen molar-refractivity contribution in [1.82, 2.24) is 5.16 Å². The lowest BCUT2D eigenvalue weighted by Gasteiger charge is -2.56. The fourth-order valence-corrected chi connectivity index (χ4v) is 23.6. The number of hydrogen-bond donors (Lipinski definition) is 6. The fourth-order valence-electron chi connectivity index (χ4n) is 23.6. The number of carboxylic acids is 1. The van der Waals surface area contributed by atoms with Gasteiger partial charge >= 0.3 is 0 Å². The summed E-state index contributed by atoms with van der Waals surface area (Å²) in [6, 6.07) is 2.10. The van der Waals surface area contributed by atoms with Crippen molar-refractivity contribution in [2.75, 3.05) is 6.61 Å². The zero-order valence-electron chi connectivity index (χ0n) is 60.5. The molecule has 618 valence electrons. The molecule has 12 fully saturated rings. The molecule has 33 heteroatoms. The number of aliphatic carboxylic acids is 1. The van der Waals surface area contributed by atoms with E-state index >= 15 is 0 Å². The summed E-state index contributed by atoms with van der Waals surface area (Å²) in [5, 5.41) is 49.4. The molecule has 12 aliphatic rings. The molecular formula is C71H119ClF18N2O12. The highest BCUT2D eigenvalue weighted by Gasteiger charge is 2.62. The van der Waals surface area contributed by atoms with E-state index in [-0.39, 0.29) is 43.4 Å². The van der Waals surface area contributed by atoms with Gasteiger partial charge in [-0.05, 0) is 313 Å². The first-order chi connectivity index (χ1) is 48.8. The number of rotatable bonds is 7. The number of nitrogens with two attached hydrogens (primary N) is 1. The second-order valence-electron chi connectivity index (χ2n) is 31.5. The summed E-state index contributed by atoms with van der Waals surface area (Å²) in [4.78, 5) is 53.7. The Morgan fingerprint density at radius 2 is 0.788 bits per heavy atom. The van der Waals surface area contributed by atoms with E-state index in [1.54, 1.807) is 6.92 Å². The third-order valence-corrected chi connectivity index (χ3v) is 26.9. The molecule has 0 bridgehead atoms. The fraction of sp³-hybridized carbons (Fsp3) is 0.887. The first kappa shape index (κ1) is 106. The first-order valence-electron chi connectivity index (χ1n) is 35.1. The summed E-state index contributed by atoms with van der Waals surface area (Å²) in [6.07, 6.45) is 35.4. The largest absolute Gasteiger partial charge is 0.481 e. The van der Waals surface area contributed by atoms with Gasteiger partial charge in [0.05, 0.1) is 36.0 Å². The SMILES string of the molecule is C.CC(=O)O.CC(=O)[C@H]1CC[C@H]2[C@@H]3CC[C@H]4C[C@](C)(O)CC[C@@H]4[C@H]3CC[C@]12C.CCOC=O.C[C@@]1(O)CC[C@H]2[C@@H](CC[C@@H]3[C@@H]2CC[C@]2(C)[C@@H](C(=O)CC=O)CC[C@@H]32)C1.C[C@@]1(O)CC[C@H]2[C@@H](CC[C@@H]3[C@@H]2CC[C@]2(C)[C@@H](c4ccno4)CC[C@@H]32)C1.Cl.FF.FF.FF.FF.FF.FF.FF.FF.FF.NO. The van der Waals surface area contributed by atoms with Crippen molar-refractivity contribution in [3.63, 3.8) is 0 Å². The van der Waals surface area contributed by atoms with Gasteiger partial charge in [0.15, 0.2) is 0 Å². The third kappa shape index (κ3) is 26.9. The summed E-state index contributed by atoms with van der Waals surface area (Å²) in [5.74, 6) is 17.7. The van der Waals surface area contributed by atoms with Gasteiger partial charge in [-0.25, -0.2) is 5.90 Å². The van der Waals surface area contributed by atoms with E-state index in [2.05, 4.69) is 49.6 Å². The molecular weight excluding hydrogens is 1450 g/mol. The highest BCUT2D eigenvalue weighted by atomic mass is 35.5. The average molecular weight is 1570 g/mol. The van der Waals surface area contributed by atoms with E-state index in [9.17, 15) is 34.5 Å². The molecule has 0 aliphatic heterocycles. The van der Waals surface area contributed by atoms with Crippen LogP contribution >= 0.6 is 12.4 Å². The standard InChI is InChI=1S/C22H33NO2.C22H34O3.C21H34O2.C3H6O2.C2H4O2.CH4.ClH.9F2.H3NO/c1-21(24)10-7-15-14(13-21)3-4-17-16(15)8-11-22(2)18(17)5-6-19(22)20-9-12-23-25-20;1-21(25)10-7-15-14(13-21)3-4-17-16(15)8-11-22(2)18(17)5-6-19(22)20(24)9-12-23;1-13(22)18-6-7-19-17-5-4-14-12-20(2,23)10-8-15(14)16(17)9-11-21(18,19)3;1-2-5-3-4;1-2(3)4;;;10*1-2/h9,12,14-19,24H,3-8,10-11,13H2,1-2H3;12,14-19,25H,3-11,13H2,1-2H3;14-19,23H,4-12H2,1-3H3;3H,2H2,1H3;1H3,(H,3,4);1H4;1H;;;;;;;;;;2H,1H2/t2*14-,15-,16+,17+,18-,19+,21+,22-;14-,15-,16+,17+,18+,19-,20+,21+;;;;;;;;;;;;;;/m000............../s1. The summed E-state index contributed by atoms with van der Waals surface area (Å²) >= 11 is 0. The van der Waals surface area contributed by atoms with Crippen LogP contribution in [0.25, 0.3) is 0 Å². The van der Waals surface area contributed by atoms with Crippen LogP contribution in [0.4, 0.5) is 82.3 Å². The molecule has 0 amide bonds. The van der Waals surface area contributed by atoms with Gasteiger partial charge in [-0.1, -0.05) is 33.4 Å². The van der Waals surface area contributed by atoms with Crippen LogP contribution in [-0.4, -0.2) is 84.5 Å². The number of ketones is 2. The monoisotopic (exact) mass is 1570 g/mol. The second-order valence-corrected chi connectivity index (χ2v) is 31.5. The number of nitrogens with zero attached hydrogens (tertiary/aromatic N) is 1. The number of halogens is 19. The van der Waals surface area contributed by atoms with E-state index in [1.165, 1.54) is 116 Å². The van der Waals surface area contributed by atoms with Gasteiger partial charge in [-0.15, -0.1) is 12.4 Å². The van der Waals surface area contributed by atoms with Gasteiger partial charge in [-0.3, -0.25) is 19.2 Å². The van der Waals surface area contributed by atoms with Crippen LogP contribution in [0.3, 0.4) is 0 Å². The molecule has 12 aliphatic carbocycles. The molecule has 14 nitrogen and oxygen atoms in total. The van der Waals surface area contributed by atoms with Gasteiger partial charge in [0.2, 0.25) is 0 Å². The number of hydrogen-bond acceptors (Lipinski definition) is 13. The van der Waals surface area contributed by atoms with Crippen LogP contribution in [0.2, 0.25) is 0 Å². The molecule has 1 aromatic rings. The van der Waals surface area contributed by atoms with E-state index in [0.717, 1.165) is 154 Å². The lowest BCUT2D eigenvalue weighted by atomic mass is 9.49. The Labute approximate surface area is 606 Å². The van der Waals surface area contributed by atoms with Crippen molar-refractivity contribution in [2.24, 2.45) is 123 Å². The normalized spacial score (nSPS) is 38.5. The molecule has 0 radical (unpaired) electrons. The topological polar surface area (TPSA) is 248 Å². The second kappa shape index (κ2) is 52.9. The summed E-state index contributed by atoms with van der Waals surface area (Å²) in [7, 11) is 0. The van der Waals surface area contributed by atoms with E-state index in [4.69, 9.17) is 102 Å². The Hall–Kier alpha value is -4.01. The van der Waals surface area contributed by atoms with Crippen LogP contribution < -0.4 is 5.90 Å². The van der Waals surface area contributed by atoms with E-state index in [1.807, 2.05) is 27.0 Å². The molecule has 0 saturated heterocycles. The Morgan fingerprint density at radius 3 is 1.09 bits per heavy atom. The number of carboxylic acid groups (broad SMARTS) is 1. The zero-order valence-corrected chi connectivity index (χ0v) is 61.4. The van der Waals surface area contributed by atoms with Crippen molar-refractivity contribution < 1.29 is 141 Å². The Bertz CT molecular complexity index is 2430. The Morgan fingerprint density at radius 1 is 0.481 bits per heavy atom. The van der Waals surface area contributed by atoms with Crippen LogP contribution in [0.5, 0.6) is 0 Å². The number of aldehydes is 1. The number of ether oxygens (including phenoxy) is 1. The molecule has 12 saturated carbocycles. The van der Waals surface area contributed by atoms with Gasteiger partial charge in [0.1, 0.15) is 23.6 Å². The quantitative estimate of drug-likeness (QED) is 0.0643. The van der Waals surface area contributed by atoms with Crippen molar-refractivity contribution in [3.05, 3.63) is 18.0 Å². The summed E-state index contributed by atoms with van der Waals surface area (Å²) < 4.78 is 154. The highest BCUT2D eigenvalue weighted by Crippen LogP contribution is 2.69. The van der Waals surface area contributed by atoms with E-state index in [0.29, 0.717) is 53.4 Å². The van der Waals surface area contributed by atoms with Gasteiger partial charge < -0.3 is 39.7 Å². The van der Waals surface area contributed by atoms with Gasteiger partial charge in [0.25, 0.3) is 12.4 Å². The Kier molecular flexibility index (Phi) is 54.1. The minimum Gasteiger partial charge on any atom is -0.481 e. The van der Waals surface area contributed by atoms with Crippen LogP contribution in [0, 0.1) is 117 Å². The maximum atomic E-state index is 12.5. The van der Waals surface area contributed by atoms with Crippen molar-refractivity contribution in [1.29, 1.82) is 0 Å². The number of aliphatic hydroxyl groups is 3. The van der Waals surface area contributed by atoms with Crippen molar-refractivity contribution >= 4 is 42.7 Å². The van der Waals surface area contributed by atoms with Gasteiger partial charge in [-0.2, -0.15) is 0 Å². The smallest absolute Gasteiger partial charge is 0.300 e. The predicted octanol–water partition coefficient (Wildman–Crippen LogP) is 22.1. The van der Waals surface area contributed by atoms with E-state index < -0.39 is 22.8 Å². The van der Waals surface area contributed by atoms with Gasteiger partial charge in [0, 0.05) is 113 Å². The molecule has 13 rings (SSSR count). The van der Waals surface area contributed by atoms with Crippen LogP contribution in [0.15, 0.2) is 16.8 Å². The summed E-state index contributed by atoms with van der Waals surface area (Å²) in [5.41, 5.74) is -0.426. The summed E-state index contributed by atoms with van der Waals surface area (Å²) in [6.45, 7) is 19.0. The molecule has 0 aromatic carbocycles. The number of carbonyl (C=O) groups is 5. The molecule has 1 heterocycles. The number of Topliss-reactive ketones (excluding diaryl/α,β-unsaturated/α-hetero) is 2. The molecule has 24 atom stereocenters. The van der Waals surface area contributed by atoms with Crippen LogP contribution in [0.1, 0.15) is 261 Å². The maximum absolute atomic E-state index is 12.5. The minimum atomic E-state index is -0.833. The number of aromatic nitrogens is 1. The minimum absolute atomic E-state index is 0. The molecule has 0 spiro atoms. The molecule has 1 aromatic heterocycles. The average Bonchev–Trinajstić information content (AvgIpc) is 1.50.